The van der Waals surface area contributed by atoms with E-state index in [9.17, 15) is 0 Å². The Morgan fingerprint density at radius 3 is 2.21 bits per heavy atom. The standard InChI is InChI=1S/C41H37NO/c1-26-12-10-15-31(24-26)42(29-13-6-5-7-14-29)30-22-20-28(21-23-30)32-17-11-18-34-37-27(2)25-36-38(40(37)43-39(32)34)33-16-8-9-19-35(33)41(36,3)4/h5-24,27,36,38H,25H2,1-4H3/t27-,36?,38+/m1/s1. The first-order valence-electron chi connectivity index (χ1n) is 15.6. The van der Waals surface area contributed by atoms with Crippen LogP contribution in [-0.4, -0.2) is 0 Å². The number of aryl methyl sites for hydroxylation is 1. The van der Waals surface area contributed by atoms with Crippen molar-refractivity contribution in [3.05, 3.63) is 149 Å². The number of nitrogens with zero attached hydrogens (tertiary/aromatic N) is 1. The number of furan rings is 1. The summed E-state index contributed by atoms with van der Waals surface area (Å²) >= 11 is 0. The molecule has 0 radical (unpaired) electrons. The fourth-order valence-corrected chi connectivity index (χ4v) is 8.15. The van der Waals surface area contributed by atoms with Crippen LogP contribution in [0.2, 0.25) is 0 Å². The van der Waals surface area contributed by atoms with E-state index < -0.39 is 0 Å². The van der Waals surface area contributed by atoms with E-state index in [1.807, 2.05) is 0 Å². The molecule has 0 saturated carbocycles. The molecule has 0 N–H and O–H groups in total. The van der Waals surface area contributed by atoms with Crippen molar-refractivity contribution < 1.29 is 4.42 Å². The summed E-state index contributed by atoms with van der Waals surface area (Å²) in [6.07, 6.45) is 1.18. The highest BCUT2D eigenvalue weighted by Gasteiger charge is 2.52. The number of benzene rings is 5. The summed E-state index contributed by atoms with van der Waals surface area (Å²) in [6, 6.07) is 44.0. The Kier molecular flexibility index (Phi) is 5.91. The van der Waals surface area contributed by atoms with Gasteiger partial charge in [-0.3, -0.25) is 0 Å². The van der Waals surface area contributed by atoms with E-state index in [4.69, 9.17) is 4.42 Å². The predicted octanol–water partition coefficient (Wildman–Crippen LogP) is 11.4. The van der Waals surface area contributed by atoms with E-state index in [2.05, 4.69) is 154 Å². The minimum Gasteiger partial charge on any atom is -0.459 e. The fraction of sp³-hybridized carbons (Fsp3) is 0.220. The predicted molar refractivity (Wildman–Crippen MR) is 179 cm³/mol. The third-order valence-corrected chi connectivity index (χ3v) is 10.2. The second-order valence-corrected chi connectivity index (χ2v) is 13.1. The molecule has 0 bridgehead atoms. The van der Waals surface area contributed by atoms with Gasteiger partial charge in [0.25, 0.3) is 0 Å². The molecule has 3 atom stereocenters. The Morgan fingerprint density at radius 1 is 0.721 bits per heavy atom. The molecule has 8 rings (SSSR count). The van der Waals surface area contributed by atoms with Gasteiger partial charge in [0, 0.05) is 39.5 Å². The smallest absolute Gasteiger partial charge is 0.142 e. The second-order valence-electron chi connectivity index (χ2n) is 13.1. The molecule has 2 heteroatoms. The topological polar surface area (TPSA) is 16.4 Å². The van der Waals surface area contributed by atoms with Crippen LogP contribution in [0.3, 0.4) is 0 Å². The minimum absolute atomic E-state index is 0.132. The van der Waals surface area contributed by atoms with Crippen molar-refractivity contribution in [2.75, 3.05) is 4.90 Å². The Balaban J connectivity index is 1.24. The number of rotatable bonds is 4. The highest BCUT2D eigenvalue weighted by molar-refractivity contribution is 5.96. The molecule has 2 nitrogen and oxygen atoms in total. The van der Waals surface area contributed by atoms with Gasteiger partial charge >= 0.3 is 0 Å². The van der Waals surface area contributed by atoms with Crippen LogP contribution in [0.5, 0.6) is 0 Å². The van der Waals surface area contributed by atoms with Crippen molar-refractivity contribution in [2.45, 2.75) is 51.4 Å². The summed E-state index contributed by atoms with van der Waals surface area (Å²) < 4.78 is 7.03. The highest BCUT2D eigenvalue weighted by Crippen LogP contribution is 2.61. The van der Waals surface area contributed by atoms with Crippen LogP contribution in [0.1, 0.15) is 67.0 Å². The molecule has 0 fully saturated rings. The summed E-state index contributed by atoms with van der Waals surface area (Å²) in [5, 5.41) is 1.27. The van der Waals surface area contributed by atoms with E-state index in [0.717, 1.165) is 28.2 Å². The highest BCUT2D eigenvalue weighted by atomic mass is 16.3. The van der Waals surface area contributed by atoms with E-state index in [-0.39, 0.29) is 5.41 Å². The van der Waals surface area contributed by atoms with Crippen LogP contribution < -0.4 is 4.90 Å². The van der Waals surface area contributed by atoms with E-state index in [1.165, 1.54) is 45.4 Å². The van der Waals surface area contributed by atoms with Gasteiger partial charge in [0.2, 0.25) is 0 Å². The Morgan fingerprint density at radius 2 is 1.42 bits per heavy atom. The van der Waals surface area contributed by atoms with Crippen molar-refractivity contribution in [3.8, 4) is 11.1 Å². The van der Waals surface area contributed by atoms with Gasteiger partial charge in [0.15, 0.2) is 0 Å². The molecule has 0 amide bonds. The second kappa shape index (κ2) is 9.74. The molecule has 43 heavy (non-hydrogen) atoms. The maximum Gasteiger partial charge on any atom is 0.142 e. The molecule has 1 heterocycles. The third-order valence-electron chi connectivity index (χ3n) is 10.2. The summed E-state index contributed by atoms with van der Waals surface area (Å²) in [5.74, 6) is 2.50. The molecule has 1 unspecified atom stereocenters. The largest absolute Gasteiger partial charge is 0.459 e. The van der Waals surface area contributed by atoms with Crippen LogP contribution in [-0.2, 0) is 5.41 Å². The maximum atomic E-state index is 7.03. The van der Waals surface area contributed by atoms with Gasteiger partial charge in [-0.25, -0.2) is 0 Å². The molecular weight excluding hydrogens is 522 g/mol. The summed E-state index contributed by atoms with van der Waals surface area (Å²) in [5.41, 5.74) is 12.5. The van der Waals surface area contributed by atoms with E-state index in [1.54, 1.807) is 0 Å². The van der Waals surface area contributed by atoms with Gasteiger partial charge in [-0.2, -0.15) is 0 Å². The van der Waals surface area contributed by atoms with Crippen molar-refractivity contribution >= 4 is 28.0 Å². The molecule has 2 aliphatic rings. The zero-order valence-electron chi connectivity index (χ0n) is 25.3. The molecule has 1 aromatic heterocycles. The fourth-order valence-electron chi connectivity index (χ4n) is 8.15. The van der Waals surface area contributed by atoms with Crippen LogP contribution in [0.15, 0.2) is 126 Å². The van der Waals surface area contributed by atoms with Crippen LogP contribution in [0, 0.1) is 12.8 Å². The lowest BCUT2D eigenvalue weighted by atomic mass is 9.66. The van der Waals surface area contributed by atoms with Crippen molar-refractivity contribution in [1.82, 2.24) is 0 Å². The van der Waals surface area contributed by atoms with Crippen molar-refractivity contribution in [3.63, 3.8) is 0 Å². The molecule has 5 aromatic carbocycles. The van der Waals surface area contributed by atoms with Gasteiger partial charge in [0.05, 0.1) is 0 Å². The molecule has 6 aromatic rings. The summed E-state index contributed by atoms with van der Waals surface area (Å²) in [7, 11) is 0. The van der Waals surface area contributed by atoms with Gasteiger partial charge in [-0.15, -0.1) is 0 Å². The van der Waals surface area contributed by atoms with Gasteiger partial charge in [0.1, 0.15) is 11.3 Å². The number of anilines is 3. The zero-order valence-corrected chi connectivity index (χ0v) is 25.3. The van der Waals surface area contributed by atoms with Gasteiger partial charge < -0.3 is 9.32 Å². The number of hydrogen-bond acceptors (Lipinski definition) is 2. The Hall–Kier alpha value is -4.56. The molecule has 212 valence electrons. The Bertz CT molecular complexity index is 1960. The average Bonchev–Trinajstić information content (AvgIpc) is 3.52. The lowest BCUT2D eigenvalue weighted by Crippen LogP contribution is -2.30. The average molecular weight is 560 g/mol. The minimum atomic E-state index is 0.132. The monoisotopic (exact) mass is 559 g/mol. The SMILES string of the molecule is Cc1cccc(N(c2ccccc2)c2ccc(-c3cccc4c5c(oc34)[C@H]3c4ccccc4C(C)(C)C3C[C@H]5C)cc2)c1. The number of fused-ring (bicyclic) bond motifs is 7. The first-order chi connectivity index (χ1) is 20.9. The lowest BCUT2D eigenvalue weighted by Gasteiger charge is -2.37. The molecule has 0 aliphatic heterocycles. The molecule has 2 aliphatic carbocycles. The first-order valence-corrected chi connectivity index (χ1v) is 15.6. The normalized spacial score (nSPS) is 20.0. The van der Waals surface area contributed by atoms with E-state index >= 15 is 0 Å². The summed E-state index contributed by atoms with van der Waals surface area (Å²) in [4.78, 5) is 2.32. The molecule has 0 saturated heterocycles. The zero-order chi connectivity index (χ0) is 29.3. The lowest BCUT2D eigenvalue weighted by molar-refractivity contribution is 0.252. The van der Waals surface area contributed by atoms with E-state index in [0.29, 0.717) is 17.8 Å². The van der Waals surface area contributed by atoms with Crippen LogP contribution in [0.25, 0.3) is 22.1 Å². The van der Waals surface area contributed by atoms with Crippen LogP contribution >= 0.6 is 0 Å². The van der Waals surface area contributed by atoms with Crippen LogP contribution in [0.4, 0.5) is 17.1 Å². The summed E-state index contributed by atoms with van der Waals surface area (Å²) in [6.45, 7) is 9.40. The quantitative estimate of drug-likeness (QED) is 0.214. The first kappa shape index (κ1) is 26.1. The number of para-hydroxylation sites is 2. The molecular formula is C41H37NO. The number of hydrogen-bond donors (Lipinski definition) is 0. The van der Waals surface area contributed by atoms with Crippen molar-refractivity contribution in [2.24, 2.45) is 5.92 Å². The Labute approximate surface area is 254 Å². The van der Waals surface area contributed by atoms with Gasteiger partial charge in [-0.05, 0) is 89.2 Å². The van der Waals surface area contributed by atoms with Crippen molar-refractivity contribution in [1.29, 1.82) is 0 Å². The molecule has 0 spiro atoms. The third kappa shape index (κ3) is 4.00. The maximum absolute atomic E-state index is 7.03. The van der Waals surface area contributed by atoms with Gasteiger partial charge in [-0.1, -0.05) is 106 Å².